The highest BCUT2D eigenvalue weighted by Crippen LogP contribution is 2.26. The van der Waals surface area contributed by atoms with Crippen molar-refractivity contribution in [2.75, 3.05) is 26.7 Å². The summed E-state index contributed by atoms with van der Waals surface area (Å²) in [4.78, 5) is 17.7. The van der Waals surface area contributed by atoms with Crippen molar-refractivity contribution in [1.82, 2.24) is 9.80 Å². The van der Waals surface area contributed by atoms with Gasteiger partial charge in [-0.05, 0) is 67.0 Å². The molecular weight excluding hydrogens is 336 g/mol. The van der Waals surface area contributed by atoms with Crippen LogP contribution in [0, 0.1) is 5.92 Å². The van der Waals surface area contributed by atoms with E-state index in [1.807, 2.05) is 16.3 Å². The van der Waals surface area contributed by atoms with Crippen LogP contribution in [0.3, 0.4) is 0 Å². The van der Waals surface area contributed by atoms with Gasteiger partial charge in [-0.25, -0.2) is 0 Å². The second-order valence-electron chi connectivity index (χ2n) is 5.87. The van der Waals surface area contributed by atoms with Crippen molar-refractivity contribution in [3.8, 4) is 0 Å². The zero-order chi connectivity index (χ0) is 14.7. The lowest BCUT2D eigenvalue weighted by Gasteiger charge is -2.34. The summed E-state index contributed by atoms with van der Waals surface area (Å²) in [7, 11) is 2.19. The highest BCUT2D eigenvalue weighted by Gasteiger charge is 2.26. The molecule has 0 bridgehead atoms. The molecular formula is C15H23BrN2OS. The monoisotopic (exact) mass is 358 g/mol. The van der Waals surface area contributed by atoms with Gasteiger partial charge in [-0.1, -0.05) is 0 Å². The van der Waals surface area contributed by atoms with Crippen molar-refractivity contribution in [2.45, 2.75) is 32.7 Å². The van der Waals surface area contributed by atoms with E-state index >= 15 is 0 Å². The van der Waals surface area contributed by atoms with Crippen molar-refractivity contribution in [3.05, 3.63) is 20.8 Å². The first-order valence-corrected chi connectivity index (χ1v) is 8.88. The molecule has 0 N–H and O–H groups in total. The number of carbonyl (C=O) groups is 1. The number of likely N-dealkylation sites (tertiary alicyclic amines) is 1. The zero-order valence-corrected chi connectivity index (χ0v) is 14.8. The van der Waals surface area contributed by atoms with Crippen LogP contribution in [0.1, 0.15) is 36.4 Å². The summed E-state index contributed by atoms with van der Waals surface area (Å²) in [5.41, 5.74) is 0. The molecule has 0 aromatic carbocycles. The summed E-state index contributed by atoms with van der Waals surface area (Å²) >= 11 is 4.97. The van der Waals surface area contributed by atoms with Crippen LogP contribution < -0.4 is 0 Å². The molecule has 2 heterocycles. The Labute approximate surface area is 134 Å². The maximum absolute atomic E-state index is 12.4. The molecule has 2 rings (SSSR count). The Morgan fingerprint density at radius 2 is 2.15 bits per heavy atom. The number of thiophene rings is 1. The third kappa shape index (κ3) is 3.83. The molecule has 0 radical (unpaired) electrons. The topological polar surface area (TPSA) is 23.6 Å². The lowest BCUT2D eigenvalue weighted by atomic mass is 9.96. The molecule has 1 amide bonds. The number of hydrogen-bond acceptors (Lipinski definition) is 3. The van der Waals surface area contributed by atoms with E-state index in [2.05, 4.69) is 41.7 Å². The Morgan fingerprint density at radius 1 is 1.50 bits per heavy atom. The molecule has 1 aromatic rings. The predicted molar refractivity (Wildman–Crippen MR) is 88.4 cm³/mol. The summed E-state index contributed by atoms with van der Waals surface area (Å²) in [6.07, 6.45) is 2.23. The van der Waals surface area contributed by atoms with Gasteiger partial charge in [0, 0.05) is 30.1 Å². The standard InChI is InChI=1S/C15H23BrN2OS/c1-11(2)17(3)10-12-4-7-18(8-5-12)15(19)14-13(16)6-9-20-14/h6,9,11-12H,4-5,7-8,10H2,1-3H3. The van der Waals surface area contributed by atoms with Crippen molar-refractivity contribution in [1.29, 1.82) is 0 Å². The van der Waals surface area contributed by atoms with Gasteiger partial charge in [-0.2, -0.15) is 0 Å². The molecule has 3 nitrogen and oxygen atoms in total. The second-order valence-corrected chi connectivity index (χ2v) is 7.64. The van der Waals surface area contributed by atoms with Crippen molar-refractivity contribution < 1.29 is 4.79 Å². The minimum atomic E-state index is 0.183. The molecule has 1 aromatic heterocycles. The average Bonchev–Trinajstić information content (AvgIpc) is 2.85. The Bertz CT molecular complexity index is 452. The van der Waals surface area contributed by atoms with Gasteiger partial charge in [-0.15, -0.1) is 11.3 Å². The van der Waals surface area contributed by atoms with Gasteiger partial charge < -0.3 is 9.80 Å². The first-order chi connectivity index (χ1) is 9.49. The van der Waals surface area contributed by atoms with Gasteiger partial charge in [0.2, 0.25) is 0 Å². The lowest BCUT2D eigenvalue weighted by Crippen LogP contribution is -2.41. The van der Waals surface area contributed by atoms with Crippen LogP contribution in [0.4, 0.5) is 0 Å². The van der Waals surface area contributed by atoms with Gasteiger partial charge >= 0.3 is 0 Å². The van der Waals surface area contributed by atoms with E-state index in [0.717, 1.165) is 47.7 Å². The van der Waals surface area contributed by atoms with Crippen LogP contribution in [0.25, 0.3) is 0 Å². The quantitative estimate of drug-likeness (QED) is 0.818. The summed E-state index contributed by atoms with van der Waals surface area (Å²) in [6, 6.07) is 2.54. The van der Waals surface area contributed by atoms with Crippen LogP contribution >= 0.6 is 27.3 Å². The zero-order valence-electron chi connectivity index (χ0n) is 12.4. The summed E-state index contributed by atoms with van der Waals surface area (Å²) in [6.45, 7) is 7.38. The SMILES string of the molecule is CC(C)N(C)CC1CCN(C(=O)c2sccc2Br)CC1. The smallest absolute Gasteiger partial charge is 0.265 e. The number of nitrogens with zero attached hydrogens (tertiary/aromatic N) is 2. The van der Waals surface area contributed by atoms with E-state index in [1.54, 1.807) is 0 Å². The van der Waals surface area contributed by atoms with Gasteiger partial charge in [-0.3, -0.25) is 4.79 Å². The number of piperidine rings is 1. The number of carbonyl (C=O) groups excluding carboxylic acids is 1. The maximum Gasteiger partial charge on any atom is 0.265 e. The van der Waals surface area contributed by atoms with Crippen LogP contribution in [0.5, 0.6) is 0 Å². The summed E-state index contributed by atoms with van der Waals surface area (Å²) < 4.78 is 0.925. The first kappa shape index (κ1) is 16.0. The molecule has 0 saturated carbocycles. The highest BCUT2D eigenvalue weighted by atomic mass is 79.9. The molecule has 5 heteroatoms. The van der Waals surface area contributed by atoms with Gasteiger partial charge in [0.15, 0.2) is 0 Å². The van der Waals surface area contributed by atoms with E-state index in [0.29, 0.717) is 6.04 Å². The Kier molecular flexibility index (Phi) is 5.64. The fourth-order valence-corrected chi connectivity index (χ4v) is 4.03. The Balaban J connectivity index is 1.85. The predicted octanol–water partition coefficient (Wildman–Crippen LogP) is 3.70. The van der Waals surface area contributed by atoms with Gasteiger partial charge in [0.25, 0.3) is 5.91 Å². The molecule has 112 valence electrons. The summed E-state index contributed by atoms with van der Waals surface area (Å²) in [5, 5.41) is 1.96. The fraction of sp³-hybridized carbons (Fsp3) is 0.667. The van der Waals surface area contributed by atoms with Crippen molar-refractivity contribution in [3.63, 3.8) is 0 Å². The lowest BCUT2D eigenvalue weighted by molar-refractivity contribution is 0.0670. The average molecular weight is 359 g/mol. The van der Waals surface area contributed by atoms with E-state index in [4.69, 9.17) is 0 Å². The molecule has 0 aliphatic carbocycles. The van der Waals surface area contributed by atoms with Gasteiger partial charge in [0.05, 0.1) is 0 Å². The number of rotatable bonds is 4. The van der Waals surface area contributed by atoms with Crippen LogP contribution in [-0.2, 0) is 0 Å². The largest absolute Gasteiger partial charge is 0.338 e. The van der Waals surface area contributed by atoms with Crippen molar-refractivity contribution >= 4 is 33.2 Å². The molecule has 1 fully saturated rings. The molecule has 0 spiro atoms. The molecule has 20 heavy (non-hydrogen) atoms. The Morgan fingerprint density at radius 3 is 2.65 bits per heavy atom. The normalized spacial score (nSPS) is 17.2. The molecule has 0 atom stereocenters. The molecule has 0 unspecified atom stereocenters. The number of hydrogen-bond donors (Lipinski definition) is 0. The minimum absolute atomic E-state index is 0.183. The third-order valence-electron chi connectivity index (χ3n) is 4.14. The summed E-state index contributed by atoms with van der Waals surface area (Å²) in [5.74, 6) is 0.903. The third-order valence-corrected chi connectivity index (χ3v) is 5.97. The molecule has 1 saturated heterocycles. The molecule has 1 aliphatic rings. The number of amides is 1. The number of halogens is 1. The van der Waals surface area contributed by atoms with E-state index < -0.39 is 0 Å². The minimum Gasteiger partial charge on any atom is -0.338 e. The maximum atomic E-state index is 12.4. The second kappa shape index (κ2) is 7.05. The van der Waals surface area contributed by atoms with Gasteiger partial charge in [0.1, 0.15) is 4.88 Å². The van der Waals surface area contributed by atoms with E-state index in [1.165, 1.54) is 11.3 Å². The van der Waals surface area contributed by atoms with E-state index in [9.17, 15) is 4.79 Å². The van der Waals surface area contributed by atoms with Crippen molar-refractivity contribution in [2.24, 2.45) is 5.92 Å². The highest BCUT2D eigenvalue weighted by molar-refractivity contribution is 9.10. The Hall–Kier alpha value is -0.390. The van der Waals surface area contributed by atoms with Crippen LogP contribution in [0.15, 0.2) is 15.9 Å². The molecule has 1 aliphatic heterocycles. The fourth-order valence-electron chi connectivity index (χ4n) is 2.53. The first-order valence-electron chi connectivity index (χ1n) is 7.21. The van der Waals surface area contributed by atoms with E-state index in [-0.39, 0.29) is 5.91 Å². The van der Waals surface area contributed by atoms with Crippen LogP contribution in [0.2, 0.25) is 0 Å². The van der Waals surface area contributed by atoms with Crippen LogP contribution in [-0.4, -0.2) is 48.4 Å².